The molecular formula is C15H32N2O3. The van der Waals surface area contributed by atoms with Gasteiger partial charge in [-0.3, -0.25) is 0 Å². The van der Waals surface area contributed by atoms with Gasteiger partial charge in [0.25, 0.3) is 0 Å². The lowest BCUT2D eigenvalue weighted by Crippen LogP contribution is -2.44. The SMILES string of the molecule is CCCCOCCOCC(O)CNC1CCN(C)CC1. The molecule has 0 saturated carbocycles. The molecule has 0 amide bonds. The Morgan fingerprint density at radius 2 is 1.90 bits per heavy atom. The van der Waals surface area contributed by atoms with Crippen LogP contribution in [0.15, 0.2) is 0 Å². The minimum Gasteiger partial charge on any atom is -0.389 e. The van der Waals surface area contributed by atoms with E-state index in [1.807, 2.05) is 0 Å². The van der Waals surface area contributed by atoms with Crippen LogP contribution in [-0.4, -0.2) is 75.3 Å². The predicted molar refractivity (Wildman–Crippen MR) is 81.1 cm³/mol. The second-order valence-corrected chi connectivity index (χ2v) is 5.68. The fraction of sp³-hybridized carbons (Fsp3) is 1.00. The molecule has 5 heteroatoms. The normalized spacial score (nSPS) is 19.4. The first-order chi connectivity index (χ1) is 9.72. The van der Waals surface area contributed by atoms with Crippen LogP contribution in [0.2, 0.25) is 0 Å². The van der Waals surface area contributed by atoms with Gasteiger partial charge >= 0.3 is 0 Å². The lowest BCUT2D eigenvalue weighted by atomic mass is 10.1. The highest BCUT2D eigenvalue weighted by molar-refractivity contribution is 4.76. The van der Waals surface area contributed by atoms with Crippen molar-refractivity contribution in [1.82, 2.24) is 10.2 Å². The predicted octanol–water partition coefficient (Wildman–Crippen LogP) is 0.864. The average Bonchev–Trinajstić information content (AvgIpc) is 2.46. The van der Waals surface area contributed by atoms with Gasteiger partial charge in [-0.2, -0.15) is 0 Å². The zero-order chi connectivity index (χ0) is 14.6. The Morgan fingerprint density at radius 1 is 1.20 bits per heavy atom. The Labute approximate surface area is 123 Å². The van der Waals surface area contributed by atoms with Crippen LogP contribution in [0, 0.1) is 0 Å². The number of likely N-dealkylation sites (tertiary alicyclic amines) is 1. The summed E-state index contributed by atoms with van der Waals surface area (Å²) in [5.74, 6) is 0. The molecule has 0 spiro atoms. The van der Waals surface area contributed by atoms with Gasteiger partial charge < -0.3 is 24.8 Å². The van der Waals surface area contributed by atoms with E-state index in [4.69, 9.17) is 9.47 Å². The summed E-state index contributed by atoms with van der Waals surface area (Å²) < 4.78 is 10.8. The fourth-order valence-corrected chi connectivity index (χ4v) is 2.26. The van der Waals surface area contributed by atoms with E-state index in [1.165, 1.54) is 0 Å². The molecule has 0 bridgehead atoms. The monoisotopic (exact) mass is 288 g/mol. The van der Waals surface area contributed by atoms with Gasteiger partial charge in [0.15, 0.2) is 0 Å². The molecule has 1 unspecified atom stereocenters. The van der Waals surface area contributed by atoms with Crippen molar-refractivity contribution in [3.8, 4) is 0 Å². The largest absolute Gasteiger partial charge is 0.389 e. The molecule has 0 radical (unpaired) electrons. The molecule has 5 nitrogen and oxygen atoms in total. The summed E-state index contributed by atoms with van der Waals surface area (Å²) in [5, 5.41) is 13.3. The lowest BCUT2D eigenvalue weighted by molar-refractivity contribution is 0.00266. The molecule has 1 aliphatic heterocycles. The third kappa shape index (κ3) is 8.87. The van der Waals surface area contributed by atoms with Crippen LogP contribution >= 0.6 is 0 Å². The van der Waals surface area contributed by atoms with E-state index in [0.717, 1.165) is 45.4 Å². The lowest BCUT2D eigenvalue weighted by Gasteiger charge is -2.30. The molecular weight excluding hydrogens is 256 g/mol. The van der Waals surface area contributed by atoms with Crippen molar-refractivity contribution in [3.63, 3.8) is 0 Å². The summed E-state index contributed by atoms with van der Waals surface area (Å²) in [6.07, 6.45) is 4.15. The molecule has 120 valence electrons. The number of piperidine rings is 1. The molecule has 1 saturated heterocycles. The zero-order valence-corrected chi connectivity index (χ0v) is 13.1. The van der Waals surface area contributed by atoms with E-state index in [0.29, 0.717) is 32.4 Å². The van der Waals surface area contributed by atoms with Gasteiger partial charge in [0.1, 0.15) is 0 Å². The number of nitrogens with zero attached hydrogens (tertiary/aromatic N) is 1. The third-order valence-corrected chi connectivity index (χ3v) is 3.69. The summed E-state index contributed by atoms with van der Waals surface area (Å²) in [7, 11) is 2.15. The van der Waals surface area contributed by atoms with E-state index in [1.54, 1.807) is 0 Å². The Bertz CT molecular complexity index is 221. The summed E-state index contributed by atoms with van der Waals surface area (Å²) in [6, 6.07) is 0.540. The molecule has 1 fully saturated rings. The topological polar surface area (TPSA) is 54.0 Å². The maximum absolute atomic E-state index is 9.83. The molecule has 0 aliphatic carbocycles. The van der Waals surface area contributed by atoms with Crippen LogP contribution in [0.25, 0.3) is 0 Å². The zero-order valence-electron chi connectivity index (χ0n) is 13.1. The molecule has 0 aromatic carbocycles. The van der Waals surface area contributed by atoms with E-state index >= 15 is 0 Å². The van der Waals surface area contributed by atoms with Crippen molar-refractivity contribution >= 4 is 0 Å². The molecule has 1 aliphatic rings. The maximum Gasteiger partial charge on any atom is 0.0897 e. The van der Waals surface area contributed by atoms with E-state index < -0.39 is 6.10 Å². The number of hydrogen-bond acceptors (Lipinski definition) is 5. The third-order valence-electron chi connectivity index (χ3n) is 3.69. The number of aliphatic hydroxyl groups is 1. The Morgan fingerprint density at radius 3 is 2.60 bits per heavy atom. The molecule has 0 aromatic rings. The van der Waals surface area contributed by atoms with E-state index in [-0.39, 0.29) is 0 Å². The van der Waals surface area contributed by atoms with Gasteiger partial charge in [-0.15, -0.1) is 0 Å². The number of unbranched alkanes of at least 4 members (excludes halogenated alkanes) is 1. The highest BCUT2D eigenvalue weighted by Gasteiger charge is 2.16. The summed E-state index contributed by atoms with van der Waals surface area (Å²) >= 11 is 0. The number of rotatable bonds is 11. The van der Waals surface area contributed by atoms with Gasteiger partial charge in [0, 0.05) is 19.2 Å². The van der Waals surface area contributed by atoms with Gasteiger partial charge in [-0.05, 0) is 39.4 Å². The first-order valence-electron chi connectivity index (χ1n) is 7.97. The fourth-order valence-electron chi connectivity index (χ4n) is 2.26. The van der Waals surface area contributed by atoms with E-state index in [9.17, 15) is 5.11 Å². The van der Waals surface area contributed by atoms with Crippen LogP contribution < -0.4 is 5.32 Å². The highest BCUT2D eigenvalue weighted by atomic mass is 16.5. The first kappa shape index (κ1) is 17.9. The van der Waals surface area contributed by atoms with Crippen molar-refractivity contribution in [2.24, 2.45) is 0 Å². The quantitative estimate of drug-likeness (QED) is 0.552. The standard InChI is InChI=1S/C15H32N2O3/c1-3-4-9-19-10-11-20-13-15(18)12-16-14-5-7-17(2)8-6-14/h14-16,18H,3-13H2,1-2H3. The van der Waals surface area contributed by atoms with Crippen molar-refractivity contribution < 1.29 is 14.6 Å². The summed E-state index contributed by atoms with van der Waals surface area (Å²) in [4.78, 5) is 2.34. The Kier molecular flexibility index (Phi) is 10.2. The molecule has 1 atom stereocenters. The van der Waals surface area contributed by atoms with Gasteiger partial charge in [0.05, 0.1) is 25.9 Å². The smallest absolute Gasteiger partial charge is 0.0897 e. The molecule has 1 heterocycles. The van der Waals surface area contributed by atoms with Crippen LogP contribution in [-0.2, 0) is 9.47 Å². The summed E-state index contributed by atoms with van der Waals surface area (Å²) in [6.45, 7) is 7.42. The molecule has 20 heavy (non-hydrogen) atoms. The van der Waals surface area contributed by atoms with Gasteiger partial charge in [-0.25, -0.2) is 0 Å². The second-order valence-electron chi connectivity index (χ2n) is 5.68. The minimum atomic E-state index is -0.426. The van der Waals surface area contributed by atoms with E-state index in [2.05, 4.69) is 24.2 Å². The van der Waals surface area contributed by atoms with Crippen LogP contribution in [0.5, 0.6) is 0 Å². The number of ether oxygens (including phenoxy) is 2. The number of hydrogen-bond donors (Lipinski definition) is 2. The minimum absolute atomic E-state index is 0.386. The average molecular weight is 288 g/mol. The van der Waals surface area contributed by atoms with Crippen molar-refractivity contribution in [2.45, 2.75) is 44.8 Å². The number of nitrogens with one attached hydrogen (secondary N) is 1. The van der Waals surface area contributed by atoms with Gasteiger partial charge in [0.2, 0.25) is 0 Å². The molecule has 2 N–H and O–H groups in total. The maximum atomic E-state index is 9.83. The Hall–Kier alpha value is -0.200. The van der Waals surface area contributed by atoms with Crippen LogP contribution in [0.1, 0.15) is 32.6 Å². The highest BCUT2D eigenvalue weighted by Crippen LogP contribution is 2.07. The van der Waals surface area contributed by atoms with Crippen LogP contribution in [0.3, 0.4) is 0 Å². The van der Waals surface area contributed by atoms with Crippen molar-refractivity contribution in [1.29, 1.82) is 0 Å². The second kappa shape index (κ2) is 11.5. The van der Waals surface area contributed by atoms with Crippen molar-refractivity contribution in [3.05, 3.63) is 0 Å². The molecule has 0 aromatic heterocycles. The first-order valence-corrected chi connectivity index (χ1v) is 7.97. The summed E-state index contributed by atoms with van der Waals surface area (Å²) in [5.41, 5.74) is 0. The Balaban J connectivity index is 1.89. The molecule has 1 rings (SSSR count). The van der Waals surface area contributed by atoms with Gasteiger partial charge in [-0.1, -0.05) is 13.3 Å². The van der Waals surface area contributed by atoms with Crippen LogP contribution in [0.4, 0.5) is 0 Å². The number of aliphatic hydroxyl groups excluding tert-OH is 1. The van der Waals surface area contributed by atoms with Crippen molar-refractivity contribution in [2.75, 3.05) is 53.1 Å².